The summed E-state index contributed by atoms with van der Waals surface area (Å²) < 4.78 is 19.0. The van der Waals surface area contributed by atoms with Crippen LogP contribution in [0.5, 0.6) is 0 Å². The SMILES string of the molecule is CC1(c2nc3cc(F)cc(Cl)c3o2)CCCC1N. The van der Waals surface area contributed by atoms with Crippen LogP contribution in [0.2, 0.25) is 5.02 Å². The first-order valence-electron chi connectivity index (χ1n) is 6.02. The third-order valence-electron chi connectivity index (χ3n) is 3.93. The third kappa shape index (κ3) is 1.63. The van der Waals surface area contributed by atoms with Crippen LogP contribution in [-0.4, -0.2) is 11.0 Å². The van der Waals surface area contributed by atoms with E-state index in [1.54, 1.807) is 0 Å². The zero-order chi connectivity index (χ0) is 12.9. The molecule has 0 amide bonds. The summed E-state index contributed by atoms with van der Waals surface area (Å²) in [4.78, 5) is 4.37. The van der Waals surface area contributed by atoms with Crippen molar-refractivity contribution >= 4 is 22.7 Å². The van der Waals surface area contributed by atoms with E-state index in [0.29, 0.717) is 17.0 Å². The summed E-state index contributed by atoms with van der Waals surface area (Å²) in [6, 6.07) is 2.59. The first-order chi connectivity index (χ1) is 8.50. The number of nitrogens with zero attached hydrogens (tertiary/aromatic N) is 1. The lowest BCUT2D eigenvalue weighted by Crippen LogP contribution is -2.38. The maximum Gasteiger partial charge on any atom is 0.203 e. The largest absolute Gasteiger partial charge is 0.438 e. The molecular formula is C13H14ClFN2O. The number of hydrogen-bond donors (Lipinski definition) is 1. The number of halogens is 2. The van der Waals surface area contributed by atoms with E-state index in [-0.39, 0.29) is 16.5 Å². The molecule has 3 rings (SSSR count). The molecule has 1 saturated carbocycles. The maximum atomic E-state index is 13.3. The van der Waals surface area contributed by atoms with Gasteiger partial charge in [0, 0.05) is 12.1 Å². The third-order valence-corrected chi connectivity index (χ3v) is 4.21. The molecule has 1 aromatic carbocycles. The van der Waals surface area contributed by atoms with E-state index in [2.05, 4.69) is 4.98 Å². The van der Waals surface area contributed by atoms with Crippen LogP contribution in [0.1, 0.15) is 32.1 Å². The summed E-state index contributed by atoms with van der Waals surface area (Å²) in [7, 11) is 0. The van der Waals surface area contributed by atoms with Gasteiger partial charge in [-0.15, -0.1) is 0 Å². The van der Waals surface area contributed by atoms with Gasteiger partial charge >= 0.3 is 0 Å². The first-order valence-corrected chi connectivity index (χ1v) is 6.40. The van der Waals surface area contributed by atoms with E-state index in [1.165, 1.54) is 12.1 Å². The van der Waals surface area contributed by atoms with Gasteiger partial charge in [-0.2, -0.15) is 0 Å². The Bertz CT molecular complexity index is 612. The van der Waals surface area contributed by atoms with Gasteiger partial charge in [0.2, 0.25) is 5.89 Å². The van der Waals surface area contributed by atoms with Crippen molar-refractivity contribution in [3.05, 3.63) is 28.9 Å². The van der Waals surface area contributed by atoms with Crippen molar-refractivity contribution in [1.82, 2.24) is 4.98 Å². The molecule has 96 valence electrons. The van der Waals surface area contributed by atoms with E-state index in [1.807, 2.05) is 6.92 Å². The van der Waals surface area contributed by atoms with Crippen LogP contribution in [0.25, 0.3) is 11.1 Å². The summed E-state index contributed by atoms with van der Waals surface area (Å²) in [5.74, 6) is 0.156. The van der Waals surface area contributed by atoms with Crippen molar-refractivity contribution in [1.29, 1.82) is 0 Å². The van der Waals surface area contributed by atoms with Gasteiger partial charge in [-0.3, -0.25) is 0 Å². The second-order valence-electron chi connectivity index (χ2n) is 5.17. The van der Waals surface area contributed by atoms with Gasteiger partial charge in [0.1, 0.15) is 11.3 Å². The molecular weight excluding hydrogens is 255 g/mol. The van der Waals surface area contributed by atoms with Crippen LogP contribution in [-0.2, 0) is 5.41 Å². The van der Waals surface area contributed by atoms with Crippen molar-refractivity contribution in [2.75, 3.05) is 0 Å². The number of oxazole rings is 1. The average Bonchev–Trinajstić information content (AvgIpc) is 2.85. The molecule has 2 aromatic rings. The molecule has 0 radical (unpaired) electrons. The van der Waals surface area contributed by atoms with Crippen molar-refractivity contribution in [3.63, 3.8) is 0 Å². The van der Waals surface area contributed by atoms with Gasteiger partial charge in [0.05, 0.1) is 10.4 Å². The Morgan fingerprint density at radius 1 is 1.56 bits per heavy atom. The zero-order valence-corrected chi connectivity index (χ0v) is 10.8. The second kappa shape index (κ2) is 3.93. The molecule has 5 heteroatoms. The number of nitrogens with two attached hydrogens (primary N) is 1. The zero-order valence-electron chi connectivity index (χ0n) is 10.0. The standard InChI is InChI=1S/C13H14ClFN2O/c1-13(4-2-3-10(13)16)12-17-9-6-7(15)5-8(14)11(9)18-12/h5-6,10H,2-4,16H2,1H3. The molecule has 18 heavy (non-hydrogen) atoms. The predicted octanol–water partition coefficient (Wildman–Crippen LogP) is 3.39. The van der Waals surface area contributed by atoms with Crippen LogP contribution in [0, 0.1) is 5.82 Å². The minimum Gasteiger partial charge on any atom is -0.438 e. The summed E-state index contributed by atoms with van der Waals surface area (Å²) >= 11 is 5.96. The number of fused-ring (bicyclic) bond motifs is 1. The fourth-order valence-electron chi connectivity index (χ4n) is 2.66. The fourth-order valence-corrected chi connectivity index (χ4v) is 2.90. The van der Waals surface area contributed by atoms with E-state index in [9.17, 15) is 4.39 Å². The molecule has 1 heterocycles. The van der Waals surface area contributed by atoms with E-state index >= 15 is 0 Å². The first kappa shape index (κ1) is 11.9. The van der Waals surface area contributed by atoms with E-state index in [4.69, 9.17) is 21.8 Å². The Balaban J connectivity index is 2.17. The molecule has 1 aliphatic rings. The lowest BCUT2D eigenvalue weighted by atomic mass is 9.85. The van der Waals surface area contributed by atoms with Gasteiger partial charge in [0.25, 0.3) is 0 Å². The topological polar surface area (TPSA) is 52.0 Å². The quantitative estimate of drug-likeness (QED) is 0.862. The number of benzene rings is 1. The molecule has 1 aromatic heterocycles. The second-order valence-corrected chi connectivity index (χ2v) is 5.58. The van der Waals surface area contributed by atoms with Gasteiger partial charge in [-0.25, -0.2) is 9.37 Å². The van der Waals surface area contributed by atoms with Gasteiger partial charge < -0.3 is 10.2 Å². The van der Waals surface area contributed by atoms with Gasteiger partial charge in [-0.05, 0) is 25.8 Å². The summed E-state index contributed by atoms with van der Waals surface area (Å²) in [6.45, 7) is 2.04. The summed E-state index contributed by atoms with van der Waals surface area (Å²) in [5, 5.41) is 0.249. The molecule has 1 fully saturated rings. The Hall–Kier alpha value is -1.13. The van der Waals surface area contributed by atoms with Crippen LogP contribution in [0.4, 0.5) is 4.39 Å². The van der Waals surface area contributed by atoms with Crippen LogP contribution in [0.3, 0.4) is 0 Å². The van der Waals surface area contributed by atoms with Crippen molar-refractivity contribution < 1.29 is 8.81 Å². The molecule has 0 spiro atoms. The Morgan fingerprint density at radius 2 is 2.33 bits per heavy atom. The Morgan fingerprint density at radius 3 is 3.00 bits per heavy atom. The highest BCUT2D eigenvalue weighted by atomic mass is 35.5. The molecule has 2 atom stereocenters. The smallest absolute Gasteiger partial charge is 0.203 e. The highest BCUT2D eigenvalue weighted by Crippen LogP contribution is 2.41. The molecule has 0 bridgehead atoms. The maximum absolute atomic E-state index is 13.3. The van der Waals surface area contributed by atoms with E-state index in [0.717, 1.165) is 19.3 Å². The minimum absolute atomic E-state index is 0.0224. The van der Waals surface area contributed by atoms with Crippen molar-refractivity contribution in [3.8, 4) is 0 Å². The molecule has 1 aliphatic carbocycles. The molecule has 0 saturated heterocycles. The van der Waals surface area contributed by atoms with Crippen LogP contribution in [0.15, 0.2) is 16.5 Å². The normalized spacial score (nSPS) is 28.1. The highest BCUT2D eigenvalue weighted by Gasteiger charge is 2.42. The minimum atomic E-state index is -0.409. The van der Waals surface area contributed by atoms with Crippen LogP contribution < -0.4 is 5.73 Å². The average molecular weight is 269 g/mol. The Kier molecular flexibility index (Phi) is 2.61. The van der Waals surface area contributed by atoms with Gasteiger partial charge in [0.15, 0.2) is 5.58 Å². The molecule has 2 N–H and O–H groups in total. The lowest BCUT2D eigenvalue weighted by Gasteiger charge is -2.24. The predicted molar refractivity (Wildman–Crippen MR) is 68.2 cm³/mol. The molecule has 0 aliphatic heterocycles. The van der Waals surface area contributed by atoms with E-state index < -0.39 is 5.82 Å². The Labute approximate surface area is 109 Å². The lowest BCUT2D eigenvalue weighted by molar-refractivity contribution is 0.332. The number of hydrogen-bond acceptors (Lipinski definition) is 3. The number of rotatable bonds is 1. The monoisotopic (exact) mass is 268 g/mol. The molecule has 2 unspecified atom stereocenters. The van der Waals surface area contributed by atoms with Gasteiger partial charge in [-0.1, -0.05) is 18.0 Å². The fraction of sp³-hybridized carbons (Fsp3) is 0.462. The number of aromatic nitrogens is 1. The summed E-state index contributed by atoms with van der Waals surface area (Å²) in [5.41, 5.74) is 6.74. The van der Waals surface area contributed by atoms with Crippen molar-refractivity contribution in [2.45, 2.75) is 37.6 Å². The summed E-state index contributed by atoms with van der Waals surface area (Å²) in [6.07, 6.45) is 2.94. The van der Waals surface area contributed by atoms with Crippen LogP contribution >= 0.6 is 11.6 Å². The highest BCUT2D eigenvalue weighted by molar-refractivity contribution is 6.34. The van der Waals surface area contributed by atoms with Crippen molar-refractivity contribution in [2.24, 2.45) is 5.73 Å². The molecule has 3 nitrogen and oxygen atoms in total.